The van der Waals surface area contributed by atoms with E-state index in [4.69, 9.17) is 0 Å². The Morgan fingerprint density at radius 1 is 1.32 bits per heavy atom. The van der Waals surface area contributed by atoms with E-state index in [0.29, 0.717) is 18.7 Å². The zero-order valence-electron chi connectivity index (χ0n) is 13.3. The quantitative estimate of drug-likeness (QED) is 0.835. The van der Waals surface area contributed by atoms with Gasteiger partial charge in [-0.3, -0.25) is 9.59 Å². The third kappa shape index (κ3) is 4.07. The normalized spacial score (nSPS) is 19.0. The van der Waals surface area contributed by atoms with E-state index in [0.717, 1.165) is 19.4 Å². The van der Waals surface area contributed by atoms with Gasteiger partial charge in [-0.05, 0) is 38.4 Å². The van der Waals surface area contributed by atoms with Crippen molar-refractivity contribution in [2.24, 2.45) is 0 Å². The monoisotopic (exact) mass is 303 g/mol. The first-order valence-electron chi connectivity index (χ1n) is 8.00. The molecule has 120 valence electrons. The molecule has 0 aliphatic carbocycles. The van der Waals surface area contributed by atoms with Crippen molar-refractivity contribution in [1.29, 1.82) is 0 Å². The summed E-state index contributed by atoms with van der Waals surface area (Å²) < 4.78 is 0. The number of rotatable bonds is 6. The highest BCUT2D eigenvalue weighted by molar-refractivity contribution is 5.97. The van der Waals surface area contributed by atoms with Gasteiger partial charge in [0.25, 0.3) is 5.91 Å². The van der Waals surface area contributed by atoms with E-state index in [1.54, 1.807) is 17.0 Å². The van der Waals surface area contributed by atoms with Crippen molar-refractivity contribution in [3.63, 3.8) is 0 Å². The van der Waals surface area contributed by atoms with Crippen LogP contribution in [-0.2, 0) is 4.79 Å². The zero-order valence-corrected chi connectivity index (χ0v) is 13.3. The lowest BCUT2D eigenvalue weighted by Gasteiger charge is -2.25. The van der Waals surface area contributed by atoms with Gasteiger partial charge < -0.3 is 15.5 Å². The van der Waals surface area contributed by atoms with E-state index < -0.39 is 0 Å². The van der Waals surface area contributed by atoms with Crippen LogP contribution in [0.2, 0.25) is 0 Å². The van der Waals surface area contributed by atoms with E-state index in [1.165, 1.54) is 0 Å². The fraction of sp³-hybridized carbons (Fsp3) is 0.529. The first-order chi connectivity index (χ1) is 10.6. The van der Waals surface area contributed by atoms with Gasteiger partial charge in [0.05, 0.1) is 0 Å². The molecule has 1 aromatic carbocycles. The molecular formula is C17H25N3O2. The van der Waals surface area contributed by atoms with Crippen LogP contribution in [0, 0.1) is 0 Å². The van der Waals surface area contributed by atoms with Crippen molar-refractivity contribution in [1.82, 2.24) is 15.5 Å². The van der Waals surface area contributed by atoms with Crippen molar-refractivity contribution in [3.05, 3.63) is 35.9 Å². The summed E-state index contributed by atoms with van der Waals surface area (Å²) in [6, 6.07) is 9.04. The lowest BCUT2D eigenvalue weighted by atomic mass is 10.1. The summed E-state index contributed by atoms with van der Waals surface area (Å²) in [7, 11) is 0. The third-order valence-electron chi connectivity index (χ3n) is 3.97. The molecule has 1 aliphatic rings. The molecule has 2 rings (SSSR count). The number of nitrogens with one attached hydrogen (secondary N) is 2. The first kappa shape index (κ1) is 16.5. The Bertz CT molecular complexity index is 504. The van der Waals surface area contributed by atoms with Crippen LogP contribution in [0.15, 0.2) is 30.3 Å². The molecule has 1 aromatic rings. The summed E-state index contributed by atoms with van der Waals surface area (Å²) in [5.41, 5.74) is 0.642. The van der Waals surface area contributed by atoms with Crippen LogP contribution < -0.4 is 10.6 Å². The van der Waals surface area contributed by atoms with E-state index in [2.05, 4.69) is 10.6 Å². The van der Waals surface area contributed by atoms with Gasteiger partial charge in [-0.1, -0.05) is 25.1 Å². The first-order valence-corrected chi connectivity index (χ1v) is 8.00. The van der Waals surface area contributed by atoms with Crippen LogP contribution in [0.4, 0.5) is 0 Å². The summed E-state index contributed by atoms with van der Waals surface area (Å²) in [4.78, 5) is 26.6. The van der Waals surface area contributed by atoms with Gasteiger partial charge in [-0.25, -0.2) is 0 Å². The molecule has 2 N–H and O–H groups in total. The van der Waals surface area contributed by atoms with Crippen LogP contribution in [0.3, 0.4) is 0 Å². The van der Waals surface area contributed by atoms with Crippen molar-refractivity contribution >= 4 is 11.8 Å². The Kier molecular flexibility index (Phi) is 5.95. The number of likely N-dealkylation sites (N-methyl/N-ethyl adjacent to an activating group) is 1. The van der Waals surface area contributed by atoms with Crippen LogP contribution in [-0.4, -0.2) is 48.4 Å². The predicted octanol–water partition coefficient (Wildman–Crippen LogP) is 1.41. The van der Waals surface area contributed by atoms with Crippen molar-refractivity contribution in [2.45, 2.75) is 38.8 Å². The van der Waals surface area contributed by atoms with Crippen molar-refractivity contribution in [3.8, 4) is 0 Å². The van der Waals surface area contributed by atoms with E-state index in [9.17, 15) is 9.59 Å². The molecule has 0 aromatic heterocycles. The Hall–Kier alpha value is -1.88. The lowest BCUT2D eigenvalue weighted by Crippen LogP contribution is -2.48. The predicted molar refractivity (Wildman–Crippen MR) is 86.6 cm³/mol. The minimum atomic E-state index is -0.346. The minimum absolute atomic E-state index is 0.0495. The maximum absolute atomic E-state index is 12.5. The maximum atomic E-state index is 12.5. The lowest BCUT2D eigenvalue weighted by molar-refractivity contribution is -0.124. The molecule has 2 atom stereocenters. The number of likely N-dealkylation sites (tertiary alicyclic amines) is 1. The van der Waals surface area contributed by atoms with Crippen molar-refractivity contribution < 1.29 is 9.59 Å². The SMILES string of the molecule is CCN[C@H](C)CNC(=O)C1CCCN1C(=O)c1ccccc1. The minimum Gasteiger partial charge on any atom is -0.353 e. The van der Waals surface area contributed by atoms with E-state index in [-0.39, 0.29) is 23.9 Å². The van der Waals surface area contributed by atoms with Gasteiger partial charge in [-0.15, -0.1) is 0 Å². The molecule has 1 heterocycles. The number of benzene rings is 1. The average molecular weight is 303 g/mol. The number of amides is 2. The summed E-state index contributed by atoms with van der Waals surface area (Å²) in [5.74, 6) is -0.107. The summed E-state index contributed by atoms with van der Waals surface area (Å²) in [6.07, 6.45) is 1.61. The molecule has 0 spiro atoms. The Balaban J connectivity index is 1.95. The van der Waals surface area contributed by atoms with Gasteiger partial charge in [0.15, 0.2) is 0 Å². The van der Waals surface area contributed by atoms with Gasteiger partial charge in [-0.2, -0.15) is 0 Å². The molecule has 1 saturated heterocycles. The zero-order chi connectivity index (χ0) is 15.9. The maximum Gasteiger partial charge on any atom is 0.254 e. The average Bonchev–Trinajstić information content (AvgIpc) is 3.02. The summed E-state index contributed by atoms with van der Waals surface area (Å²) in [5, 5.41) is 6.21. The largest absolute Gasteiger partial charge is 0.353 e. The van der Waals surface area contributed by atoms with Crippen LogP contribution in [0.1, 0.15) is 37.0 Å². The molecule has 22 heavy (non-hydrogen) atoms. The molecule has 1 fully saturated rings. The number of carbonyl (C=O) groups excluding carboxylic acids is 2. The molecule has 5 nitrogen and oxygen atoms in total. The molecule has 1 unspecified atom stereocenters. The Labute approximate surface area is 132 Å². The smallest absolute Gasteiger partial charge is 0.254 e. The molecule has 1 aliphatic heterocycles. The standard InChI is InChI=1S/C17H25N3O2/c1-3-18-13(2)12-19-16(21)15-10-7-11-20(15)17(22)14-8-5-4-6-9-14/h4-6,8-9,13,15,18H,3,7,10-12H2,1-2H3,(H,19,21)/t13-,15?/m1/s1. The third-order valence-corrected chi connectivity index (χ3v) is 3.97. The highest BCUT2D eigenvalue weighted by Gasteiger charge is 2.34. The van der Waals surface area contributed by atoms with E-state index in [1.807, 2.05) is 32.0 Å². The summed E-state index contributed by atoms with van der Waals surface area (Å²) in [6.45, 7) is 6.17. The van der Waals surface area contributed by atoms with Gasteiger partial charge in [0, 0.05) is 24.7 Å². The summed E-state index contributed by atoms with van der Waals surface area (Å²) >= 11 is 0. The van der Waals surface area contributed by atoms with Crippen LogP contribution in [0.5, 0.6) is 0 Å². The molecule has 5 heteroatoms. The highest BCUT2D eigenvalue weighted by Crippen LogP contribution is 2.20. The topological polar surface area (TPSA) is 61.4 Å². The molecule has 0 radical (unpaired) electrons. The fourth-order valence-corrected chi connectivity index (χ4v) is 2.82. The Morgan fingerprint density at radius 2 is 2.05 bits per heavy atom. The second kappa shape index (κ2) is 7.94. The molecule has 2 amide bonds. The molecule has 0 bridgehead atoms. The van der Waals surface area contributed by atoms with Gasteiger partial charge >= 0.3 is 0 Å². The second-order valence-electron chi connectivity index (χ2n) is 5.73. The van der Waals surface area contributed by atoms with Gasteiger partial charge in [0.1, 0.15) is 6.04 Å². The fourth-order valence-electron chi connectivity index (χ4n) is 2.82. The number of hydrogen-bond donors (Lipinski definition) is 2. The van der Waals surface area contributed by atoms with Crippen LogP contribution in [0.25, 0.3) is 0 Å². The molecular weight excluding hydrogens is 278 g/mol. The molecule has 0 saturated carbocycles. The van der Waals surface area contributed by atoms with Gasteiger partial charge in [0.2, 0.25) is 5.91 Å². The van der Waals surface area contributed by atoms with Crippen LogP contribution >= 0.6 is 0 Å². The highest BCUT2D eigenvalue weighted by atomic mass is 16.2. The Morgan fingerprint density at radius 3 is 2.73 bits per heavy atom. The number of nitrogens with zero attached hydrogens (tertiary/aromatic N) is 1. The van der Waals surface area contributed by atoms with E-state index >= 15 is 0 Å². The van der Waals surface area contributed by atoms with Crippen molar-refractivity contribution in [2.75, 3.05) is 19.6 Å². The number of hydrogen-bond acceptors (Lipinski definition) is 3. The second-order valence-corrected chi connectivity index (χ2v) is 5.73. The number of carbonyl (C=O) groups is 2.